The number of nitrogens with zero attached hydrogens (tertiary/aromatic N) is 1. The molecule has 0 aliphatic rings. The van der Waals surface area contributed by atoms with E-state index in [1.165, 1.54) is 0 Å². The maximum Gasteiger partial charge on any atom is 0.152 e. The van der Waals surface area contributed by atoms with Crippen LogP contribution < -0.4 is 4.90 Å². The van der Waals surface area contributed by atoms with Crippen molar-refractivity contribution in [3.63, 3.8) is 0 Å². The maximum atomic E-state index is 11.1. The molecule has 0 atom stereocenters. The summed E-state index contributed by atoms with van der Waals surface area (Å²) in [6.45, 7) is 7.41. The van der Waals surface area contributed by atoms with Crippen LogP contribution in [0.4, 0.5) is 5.69 Å². The van der Waals surface area contributed by atoms with E-state index >= 15 is 0 Å². The van der Waals surface area contributed by atoms with Crippen LogP contribution in [0.25, 0.3) is 0 Å². The van der Waals surface area contributed by atoms with Gasteiger partial charge in [0.15, 0.2) is 6.29 Å². The molecular weight excluding hydrogens is 266 g/mol. The van der Waals surface area contributed by atoms with Crippen molar-refractivity contribution in [2.24, 2.45) is 0 Å². The Morgan fingerprint density at radius 2 is 2.12 bits per heavy atom. The van der Waals surface area contributed by atoms with Crippen molar-refractivity contribution in [1.82, 2.24) is 0 Å². The van der Waals surface area contributed by atoms with Gasteiger partial charge in [0, 0.05) is 28.3 Å². The van der Waals surface area contributed by atoms with E-state index in [9.17, 15) is 4.79 Å². The van der Waals surface area contributed by atoms with Gasteiger partial charge in [-0.05, 0) is 38.5 Å². The van der Waals surface area contributed by atoms with Gasteiger partial charge in [-0.2, -0.15) is 0 Å². The molecule has 0 aliphatic heterocycles. The van der Waals surface area contributed by atoms with Gasteiger partial charge in [-0.25, -0.2) is 0 Å². The van der Waals surface area contributed by atoms with E-state index in [1.807, 2.05) is 18.2 Å². The Balaban J connectivity index is 3.12. The van der Waals surface area contributed by atoms with Crippen molar-refractivity contribution < 1.29 is 4.79 Å². The lowest BCUT2D eigenvalue weighted by Gasteiger charge is -2.29. The van der Waals surface area contributed by atoms with Gasteiger partial charge in [-0.3, -0.25) is 4.79 Å². The lowest BCUT2D eigenvalue weighted by Crippen LogP contribution is -2.32. The Labute approximate surface area is 106 Å². The predicted octanol–water partition coefficient (Wildman–Crippen LogP) is 3.89. The van der Waals surface area contributed by atoms with Crippen molar-refractivity contribution in [3.8, 4) is 0 Å². The van der Waals surface area contributed by atoms with E-state index in [-0.39, 0.29) is 0 Å². The summed E-state index contributed by atoms with van der Waals surface area (Å²) in [5, 5.41) is 0. The molecule has 0 amide bonds. The number of anilines is 1. The van der Waals surface area contributed by atoms with Gasteiger partial charge in [-0.15, -0.1) is 0 Å². The number of carbonyl (C=O) groups is 1. The van der Waals surface area contributed by atoms with E-state index < -0.39 is 0 Å². The second-order valence-electron chi connectivity index (χ2n) is 4.11. The average molecular weight is 284 g/mol. The van der Waals surface area contributed by atoms with Crippen LogP contribution in [0.15, 0.2) is 22.7 Å². The molecule has 16 heavy (non-hydrogen) atoms. The van der Waals surface area contributed by atoms with E-state index in [2.05, 4.69) is 41.6 Å². The molecule has 0 N–H and O–H groups in total. The van der Waals surface area contributed by atoms with Crippen LogP contribution in [0.3, 0.4) is 0 Å². The Kier molecular flexibility index (Phi) is 5.00. The average Bonchev–Trinajstić information content (AvgIpc) is 2.26. The first-order valence-electron chi connectivity index (χ1n) is 5.61. The second-order valence-corrected chi connectivity index (χ2v) is 5.02. The molecule has 3 heteroatoms. The summed E-state index contributed by atoms with van der Waals surface area (Å²) in [7, 11) is 0. The molecule has 0 saturated carbocycles. The zero-order valence-electron chi connectivity index (χ0n) is 10.0. The van der Waals surface area contributed by atoms with Gasteiger partial charge in [0.25, 0.3) is 0 Å². The molecule has 2 nitrogen and oxygen atoms in total. The third-order valence-electron chi connectivity index (χ3n) is 2.51. The zero-order chi connectivity index (χ0) is 12.1. The summed E-state index contributed by atoms with van der Waals surface area (Å²) in [6, 6.07) is 6.25. The van der Waals surface area contributed by atoms with Crippen LogP contribution in [0, 0.1) is 0 Å². The molecule has 0 bridgehead atoms. The molecule has 1 aromatic rings. The number of halogens is 1. The molecule has 1 aromatic carbocycles. The molecule has 0 aromatic heterocycles. The summed E-state index contributed by atoms with van der Waals surface area (Å²) in [4.78, 5) is 13.3. The van der Waals surface area contributed by atoms with Crippen LogP contribution >= 0.6 is 15.9 Å². The molecule has 0 aliphatic carbocycles. The van der Waals surface area contributed by atoms with E-state index in [0.29, 0.717) is 6.04 Å². The highest BCUT2D eigenvalue weighted by molar-refractivity contribution is 9.10. The van der Waals surface area contributed by atoms with Crippen LogP contribution in [0.5, 0.6) is 0 Å². The van der Waals surface area contributed by atoms with Crippen molar-refractivity contribution in [2.75, 3.05) is 11.4 Å². The number of hydrogen-bond donors (Lipinski definition) is 0. The summed E-state index contributed by atoms with van der Waals surface area (Å²) < 4.78 is 0.943. The molecule has 88 valence electrons. The molecule has 0 saturated heterocycles. The number of benzene rings is 1. The fraction of sp³-hybridized carbons (Fsp3) is 0.462. The SMILES string of the molecule is CCCN(c1ccc(Br)cc1C=O)C(C)C. The third kappa shape index (κ3) is 3.08. The van der Waals surface area contributed by atoms with Crippen LogP contribution in [0.1, 0.15) is 37.6 Å². The third-order valence-corrected chi connectivity index (χ3v) is 3.01. The topological polar surface area (TPSA) is 20.3 Å². The lowest BCUT2D eigenvalue weighted by molar-refractivity contribution is 0.112. The molecular formula is C13H18BrNO. The quantitative estimate of drug-likeness (QED) is 0.765. The number of aldehydes is 1. The minimum atomic E-state index is 0.403. The molecule has 0 unspecified atom stereocenters. The molecule has 0 spiro atoms. The Morgan fingerprint density at radius 1 is 1.44 bits per heavy atom. The van der Waals surface area contributed by atoms with Gasteiger partial charge in [-0.1, -0.05) is 22.9 Å². The molecule has 0 heterocycles. The minimum absolute atomic E-state index is 0.403. The van der Waals surface area contributed by atoms with Gasteiger partial charge in [0.1, 0.15) is 0 Å². The summed E-state index contributed by atoms with van der Waals surface area (Å²) >= 11 is 3.38. The Bertz CT molecular complexity index is 363. The fourth-order valence-electron chi connectivity index (χ4n) is 1.78. The van der Waals surface area contributed by atoms with Gasteiger partial charge >= 0.3 is 0 Å². The number of hydrogen-bond acceptors (Lipinski definition) is 2. The van der Waals surface area contributed by atoms with Gasteiger partial charge in [0.2, 0.25) is 0 Å². The molecule has 0 fully saturated rings. The highest BCUT2D eigenvalue weighted by Gasteiger charge is 2.13. The lowest BCUT2D eigenvalue weighted by atomic mass is 10.1. The zero-order valence-corrected chi connectivity index (χ0v) is 11.6. The maximum absolute atomic E-state index is 11.1. The summed E-state index contributed by atoms with van der Waals surface area (Å²) in [6.07, 6.45) is 2.00. The minimum Gasteiger partial charge on any atom is -0.369 e. The van der Waals surface area contributed by atoms with Crippen molar-refractivity contribution in [1.29, 1.82) is 0 Å². The van der Waals surface area contributed by atoms with Crippen molar-refractivity contribution in [3.05, 3.63) is 28.2 Å². The highest BCUT2D eigenvalue weighted by Crippen LogP contribution is 2.25. The standard InChI is InChI=1S/C13H18BrNO/c1-4-7-15(10(2)3)13-6-5-12(14)8-11(13)9-16/h5-6,8-10H,4,7H2,1-3H3. The predicted molar refractivity (Wildman–Crippen MR) is 72.3 cm³/mol. The van der Waals surface area contributed by atoms with Crippen LogP contribution in [0.2, 0.25) is 0 Å². The Hall–Kier alpha value is -0.830. The van der Waals surface area contributed by atoms with Gasteiger partial charge in [0.05, 0.1) is 0 Å². The second kappa shape index (κ2) is 6.04. The number of rotatable bonds is 5. The summed E-state index contributed by atoms with van der Waals surface area (Å²) in [5.41, 5.74) is 1.77. The Morgan fingerprint density at radius 3 is 2.62 bits per heavy atom. The monoisotopic (exact) mass is 283 g/mol. The largest absolute Gasteiger partial charge is 0.369 e. The fourth-order valence-corrected chi connectivity index (χ4v) is 2.16. The molecule has 1 rings (SSSR count). The van der Waals surface area contributed by atoms with Crippen molar-refractivity contribution >= 4 is 27.9 Å². The van der Waals surface area contributed by atoms with E-state index in [4.69, 9.17) is 0 Å². The first-order valence-corrected chi connectivity index (χ1v) is 6.40. The number of carbonyl (C=O) groups excluding carboxylic acids is 1. The summed E-state index contributed by atoms with van der Waals surface area (Å²) in [5.74, 6) is 0. The van der Waals surface area contributed by atoms with E-state index in [0.717, 1.165) is 35.0 Å². The van der Waals surface area contributed by atoms with Crippen LogP contribution in [-0.2, 0) is 0 Å². The van der Waals surface area contributed by atoms with Gasteiger partial charge < -0.3 is 4.90 Å². The highest BCUT2D eigenvalue weighted by atomic mass is 79.9. The first-order chi connectivity index (χ1) is 7.60. The van der Waals surface area contributed by atoms with E-state index in [1.54, 1.807) is 0 Å². The van der Waals surface area contributed by atoms with Crippen molar-refractivity contribution in [2.45, 2.75) is 33.2 Å². The molecule has 0 radical (unpaired) electrons. The van der Waals surface area contributed by atoms with Crippen LogP contribution in [-0.4, -0.2) is 18.9 Å². The first kappa shape index (κ1) is 13.2. The smallest absolute Gasteiger partial charge is 0.152 e. The normalized spacial score (nSPS) is 10.6.